The van der Waals surface area contributed by atoms with Gasteiger partial charge in [-0.25, -0.2) is 9.59 Å². The Balaban J connectivity index is 2.36. The smallest absolute Gasteiger partial charge is 0.411 e. The molecular weight excluding hydrogens is 348 g/mol. The van der Waals surface area contributed by atoms with Gasteiger partial charge >= 0.3 is 24.4 Å². The zero-order valence-electron chi connectivity index (χ0n) is 12.8. The number of ether oxygens (including phenoxy) is 1. The van der Waals surface area contributed by atoms with Crippen molar-refractivity contribution in [3.05, 3.63) is 0 Å². The number of alkyl halides is 6. The largest absolute Gasteiger partial charge is 0.480 e. The van der Waals surface area contributed by atoms with Gasteiger partial charge in [-0.05, 0) is 20.8 Å². The van der Waals surface area contributed by atoms with Crippen LogP contribution in [-0.4, -0.2) is 52.6 Å². The van der Waals surface area contributed by atoms with Crippen LogP contribution in [0.4, 0.5) is 31.1 Å². The number of carbonyl (C=O) groups is 2. The number of piperidine rings is 1. The molecule has 138 valence electrons. The van der Waals surface area contributed by atoms with Gasteiger partial charge in [-0.2, -0.15) is 26.3 Å². The summed E-state index contributed by atoms with van der Waals surface area (Å²) in [5, 5.41) is 9.11. The van der Waals surface area contributed by atoms with Gasteiger partial charge in [0.25, 0.3) is 0 Å². The maximum atomic E-state index is 13.1. The van der Waals surface area contributed by atoms with E-state index < -0.39 is 59.9 Å². The summed E-state index contributed by atoms with van der Waals surface area (Å²) in [6, 6.07) is -2.24. The SMILES string of the molecule is CC(C)(C)OC(=O)N1C[C@H]2[C@@H]([C@H]1C(=O)O)C2(C(F)(F)F)C(F)(F)F. The van der Waals surface area contributed by atoms with Crippen LogP contribution in [0.1, 0.15) is 20.8 Å². The standard InChI is InChI=1S/C13H15F6NO4/c1-10(2,3)24-9(23)20-4-5-6(7(20)8(21)22)11(5,12(14,15)16)13(17,18)19/h5-7H,4H2,1-3H3,(H,21,22)/t5-,6-,7-/m0/s1. The molecule has 1 saturated heterocycles. The van der Waals surface area contributed by atoms with Gasteiger partial charge in [0, 0.05) is 18.4 Å². The van der Waals surface area contributed by atoms with Crippen LogP contribution in [0.15, 0.2) is 0 Å². The molecule has 1 heterocycles. The highest BCUT2D eigenvalue weighted by Gasteiger charge is 2.93. The van der Waals surface area contributed by atoms with E-state index in [0.717, 1.165) is 0 Å². The number of halogens is 6. The van der Waals surface area contributed by atoms with Gasteiger partial charge in [-0.1, -0.05) is 0 Å². The molecule has 2 rings (SSSR count). The third-order valence-corrected chi connectivity index (χ3v) is 4.32. The van der Waals surface area contributed by atoms with Gasteiger partial charge in [0.2, 0.25) is 0 Å². The zero-order chi connectivity index (χ0) is 18.9. The molecule has 1 aliphatic heterocycles. The molecule has 0 aromatic carbocycles. The Kier molecular flexibility index (Phi) is 3.82. The van der Waals surface area contributed by atoms with Crippen LogP contribution < -0.4 is 0 Å². The number of aliphatic carboxylic acids is 1. The molecular formula is C13H15F6NO4. The lowest BCUT2D eigenvalue weighted by atomic mass is 9.94. The summed E-state index contributed by atoms with van der Waals surface area (Å²) in [5.74, 6) is -6.25. The van der Waals surface area contributed by atoms with Gasteiger partial charge in [-0.15, -0.1) is 0 Å². The minimum absolute atomic E-state index is 0.429. The predicted molar refractivity (Wildman–Crippen MR) is 65.9 cm³/mol. The van der Waals surface area contributed by atoms with E-state index in [1.807, 2.05) is 0 Å². The Labute approximate surface area is 132 Å². The highest BCUT2D eigenvalue weighted by Crippen LogP contribution is 2.77. The second kappa shape index (κ2) is 4.92. The zero-order valence-corrected chi connectivity index (χ0v) is 12.8. The summed E-state index contributed by atoms with van der Waals surface area (Å²) in [5.41, 5.74) is -5.17. The van der Waals surface area contributed by atoms with Crippen molar-refractivity contribution in [2.45, 2.75) is 44.8 Å². The number of hydrogen-bond donors (Lipinski definition) is 1. The third kappa shape index (κ3) is 2.48. The fourth-order valence-electron chi connectivity index (χ4n) is 3.49. The second-order valence-electron chi connectivity index (χ2n) is 6.91. The van der Waals surface area contributed by atoms with Crippen molar-refractivity contribution in [2.75, 3.05) is 6.54 Å². The van der Waals surface area contributed by atoms with Crippen molar-refractivity contribution in [2.24, 2.45) is 17.3 Å². The highest BCUT2D eigenvalue weighted by atomic mass is 19.4. The van der Waals surface area contributed by atoms with Crippen molar-refractivity contribution in [3.8, 4) is 0 Å². The maximum Gasteiger partial charge on any atom is 0.411 e. The topological polar surface area (TPSA) is 66.8 Å². The molecule has 1 N–H and O–H groups in total. The summed E-state index contributed by atoms with van der Waals surface area (Å²) in [7, 11) is 0. The number of nitrogens with zero attached hydrogens (tertiary/aromatic N) is 1. The maximum absolute atomic E-state index is 13.1. The van der Waals surface area contributed by atoms with Crippen LogP contribution in [0.5, 0.6) is 0 Å². The van der Waals surface area contributed by atoms with Crippen LogP contribution in [0.3, 0.4) is 0 Å². The molecule has 0 bridgehead atoms. The molecule has 2 fully saturated rings. The Morgan fingerprint density at radius 3 is 1.88 bits per heavy atom. The monoisotopic (exact) mass is 363 g/mol. The molecule has 0 radical (unpaired) electrons. The summed E-state index contributed by atoms with van der Waals surface area (Å²) in [4.78, 5) is 23.6. The minimum atomic E-state index is -5.66. The molecule has 11 heteroatoms. The quantitative estimate of drug-likeness (QED) is 0.728. The average Bonchev–Trinajstić information content (AvgIpc) is 2.80. The van der Waals surface area contributed by atoms with Crippen LogP contribution in [0.2, 0.25) is 0 Å². The molecule has 0 aromatic rings. The van der Waals surface area contributed by atoms with Crippen molar-refractivity contribution in [3.63, 3.8) is 0 Å². The van der Waals surface area contributed by atoms with Crippen LogP contribution in [0, 0.1) is 17.3 Å². The lowest BCUT2D eigenvalue weighted by Gasteiger charge is -2.34. The first-order valence-electron chi connectivity index (χ1n) is 6.91. The third-order valence-electron chi connectivity index (χ3n) is 4.32. The number of carboxylic acid groups (broad SMARTS) is 1. The number of rotatable bonds is 1. The van der Waals surface area contributed by atoms with Gasteiger partial charge in [0.05, 0.1) is 0 Å². The number of likely N-dealkylation sites (tertiary alicyclic amines) is 1. The number of fused-ring (bicyclic) bond motifs is 1. The Hall–Kier alpha value is -1.68. The van der Waals surface area contributed by atoms with Crippen molar-refractivity contribution in [1.29, 1.82) is 0 Å². The first-order chi connectivity index (χ1) is 10.6. The van der Waals surface area contributed by atoms with Gasteiger partial charge in [0.15, 0.2) is 5.41 Å². The lowest BCUT2D eigenvalue weighted by Crippen LogP contribution is -2.53. The first-order valence-corrected chi connectivity index (χ1v) is 6.91. The normalized spacial score (nSPS) is 29.2. The summed E-state index contributed by atoms with van der Waals surface area (Å²) >= 11 is 0. The van der Waals surface area contributed by atoms with E-state index >= 15 is 0 Å². The van der Waals surface area contributed by atoms with Crippen LogP contribution >= 0.6 is 0 Å². The van der Waals surface area contributed by atoms with Crippen molar-refractivity contribution in [1.82, 2.24) is 4.90 Å². The Morgan fingerprint density at radius 1 is 1.08 bits per heavy atom. The molecule has 3 atom stereocenters. The van der Waals surface area contributed by atoms with Crippen LogP contribution in [-0.2, 0) is 9.53 Å². The van der Waals surface area contributed by atoms with E-state index in [2.05, 4.69) is 0 Å². The molecule has 0 aromatic heterocycles. The highest BCUT2D eigenvalue weighted by molar-refractivity contribution is 5.83. The molecule has 5 nitrogen and oxygen atoms in total. The van der Waals surface area contributed by atoms with Crippen LogP contribution in [0.25, 0.3) is 0 Å². The average molecular weight is 363 g/mol. The molecule has 1 amide bonds. The number of carboxylic acids is 1. The first kappa shape index (κ1) is 18.7. The van der Waals surface area contributed by atoms with Gasteiger partial charge in [0.1, 0.15) is 11.6 Å². The minimum Gasteiger partial charge on any atom is -0.480 e. The number of hydrogen-bond acceptors (Lipinski definition) is 3. The van der Waals surface area contributed by atoms with Crippen molar-refractivity contribution >= 4 is 12.1 Å². The van der Waals surface area contributed by atoms with E-state index in [-0.39, 0.29) is 0 Å². The van der Waals surface area contributed by atoms with Gasteiger partial charge in [-0.3, -0.25) is 4.90 Å². The molecule has 2 aliphatic rings. The van der Waals surface area contributed by atoms with E-state index in [1.165, 1.54) is 20.8 Å². The Morgan fingerprint density at radius 2 is 1.54 bits per heavy atom. The van der Waals surface area contributed by atoms with E-state index in [0.29, 0.717) is 4.90 Å². The van der Waals surface area contributed by atoms with E-state index in [4.69, 9.17) is 9.84 Å². The lowest BCUT2D eigenvalue weighted by molar-refractivity contribution is -0.314. The molecule has 1 saturated carbocycles. The summed E-state index contributed by atoms with van der Waals surface area (Å²) in [6.45, 7) is 3.34. The summed E-state index contributed by atoms with van der Waals surface area (Å²) in [6.07, 6.45) is -12.6. The van der Waals surface area contributed by atoms with E-state index in [1.54, 1.807) is 0 Å². The molecule has 0 unspecified atom stereocenters. The molecule has 0 spiro atoms. The summed E-state index contributed by atoms with van der Waals surface area (Å²) < 4.78 is 83.5. The van der Waals surface area contributed by atoms with E-state index in [9.17, 15) is 35.9 Å². The Bertz CT molecular complexity index is 550. The predicted octanol–water partition coefficient (Wildman–Crippen LogP) is 3.05. The fourth-order valence-corrected chi connectivity index (χ4v) is 3.49. The number of carbonyl (C=O) groups excluding carboxylic acids is 1. The fraction of sp³-hybridized carbons (Fsp3) is 0.846. The molecule has 1 aliphatic carbocycles. The molecule has 24 heavy (non-hydrogen) atoms. The second-order valence-corrected chi connectivity index (χ2v) is 6.91. The number of amides is 1. The van der Waals surface area contributed by atoms with Gasteiger partial charge < -0.3 is 9.84 Å². The van der Waals surface area contributed by atoms with Crippen molar-refractivity contribution < 1.29 is 45.8 Å².